The smallest absolute Gasteiger partial charge is 0.0383 e. The second-order valence-corrected chi connectivity index (χ2v) is 46.7. The first-order valence-electron chi connectivity index (χ1n) is 65.6. The summed E-state index contributed by atoms with van der Waals surface area (Å²) < 4.78 is 0. The maximum Gasteiger partial charge on any atom is -0.0383 e. The molecule has 132 heavy (non-hydrogen) atoms. The molecule has 0 spiro atoms. The highest BCUT2D eigenvalue weighted by Gasteiger charge is 2.36. The summed E-state index contributed by atoms with van der Waals surface area (Å²) in [7, 11) is 0. The van der Waals surface area contributed by atoms with E-state index in [-0.39, 0.29) is 0 Å². The Bertz CT molecular complexity index is 1690. The average molecular weight is 1850 g/mol. The fourth-order valence-electron chi connectivity index (χ4n) is 22.9. The van der Waals surface area contributed by atoms with Gasteiger partial charge in [0.15, 0.2) is 0 Å². The lowest BCUT2D eigenvalue weighted by atomic mass is 10.0. The highest BCUT2D eigenvalue weighted by atomic mass is 14.4. The molecule has 3 fully saturated rings. The van der Waals surface area contributed by atoms with Gasteiger partial charge in [-0.3, -0.25) is 0 Å². The molecule has 0 nitrogen and oxygen atoms in total. The third-order valence-corrected chi connectivity index (χ3v) is 33.2. The molecule has 0 aliphatic heterocycles. The van der Waals surface area contributed by atoms with E-state index >= 15 is 0 Å². The number of hydrogen-bond donors (Lipinski definition) is 0. The van der Waals surface area contributed by atoms with Crippen LogP contribution in [0.1, 0.15) is 813 Å². The van der Waals surface area contributed by atoms with Crippen molar-refractivity contribution in [3.63, 3.8) is 0 Å². The van der Waals surface area contributed by atoms with Crippen molar-refractivity contribution in [2.24, 2.45) is 35.5 Å². The van der Waals surface area contributed by atoms with Crippen LogP contribution >= 0.6 is 0 Å². The molecule has 0 aromatic carbocycles. The molecule has 3 saturated carbocycles. The van der Waals surface area contributed by atoms with E-state index in [0.717, 1.165) is 35.5 Å². The van der Waals surface area contributed by atoms with Gasteiger partial charge in [-0.05, 0) is 54.8 Å². The molecular weight excluding hydrogens is 1590 g/mol. The Morgan fingerprint density at radius 2 is 0.152 bits per heavy atom. The lowest BCUT2D eigenvalue weighted by molar-refractivity contribution is 0.500. The van der Waals surface area contributed by atoms with Gasteiger partial charge in [-0.25, -0.2) is 0 Å². The van der Waals surface area contributed by atoms with E-state index in [2.05, 4.69) is 55.4 Å². The van der Waals surface area contributed by atoms with Gasteiger partial charge >= 0.3 is 0 Å². The van der Waals surface area contributed by atoms with Crippen molar-refractivity contribution in [3.8, 4) is 0 Å². The molecule has 0 heterocycles. The van der Waals surface area contributed by atoms with Gasteiger partial charge in [-0.2, -0.15) is 0 Å². The molecule has 0 aromatic heterocycles. The Balaban J connectivity index is 0.00000199. The second kappa shape index (κ2) is 120. The number of unbranched alkanes of at least 4 members (excludes halogenated alkanes) is 104. The molecule has 3 rings (SSSR count). The minimum absolute atomic E-state index is 1.12. The molecule has 6 unspecified atom stereocenters. The van der Waals surface area contributed by atoms with Crippen LogP contribution in [0.5, 0.6) is 0 Å². The summed E-state index contributed by atoms with van der Waals surface area (Å²) in [5, 5.41) is 0. The van der Waals surface area contributed by atoms with E-state index in [1.807, 2.05) is 0 Å². The Labute approximate surface area is 843 Å². The van der Waals surface area contributed by atoms with Crippen LogP contribution in [0.25, 0.3) is 0 Å². The summed E-state index contributed by atoms with van der Waals surface area (Å²) in [6, 6.07) is 0. The van der Waals surface area contributed by atoms with Crippen molar-refractivity contribution in [1.29, 1.82) is 0 Å². The minimum Gasteiger partial charge on any atom is -0.0654 e. The zero-order valence-corrected chi connectivity index (χ0v) is 94.9. The predicted molar refractivity (Wildman–Crippen MR) is 611 cm³/mol. The van der Waals surface area contributed by atoms with Gasteiger partial charge in [0.25, 0.3) is 0 Å². The van der Waals surface area contributed by atoms with E-state index < -0.39 is 0 Å². The average Bonchev–Trinajstić information content (AvgIpc) is 1.73. The van der Waals surface area contributed by atoms with Crippen LogP contribution in [0.2, 0.25) is 0 Å². The van der Waals surface area contributed by atoms with Crippen LogP contribution in [0, 0.1) is 35.5 Å². The van der Waals surface area contributed by atoms with Gasteiger partial charge in [-0.1, -0.05) is 794 Å². The van der Waals surface area contributed by atoms with Crippen LogP contribution in [0.15, 0.2) is 0 Å². The topological polar surface area (TPSA) is 0 Å². The molecule has 0 amide bonds. The van der Waals surface area contributed by atoms with Gasteiger partial charge in [-0.15, -0.1) is 0 Å². The summed E-state index contributed by atoms with van der Waals surface area (Å²) >= 11 is 0. The molecule has 0 saturated heterocycles. The highest BCUT2D eigenvalue weighted by molar-refractivity contribution is 4.87. The maximum absolute atomic E-state index is 2.31. The zero-order chi connectivity index (χ0) is 94.9. The fraction of sp³-hybridized carbons (Fsp3) is 1.00. The highest BCUT2D eigenvalue weighted by Crippen LogP contribution is 2.47. The van der Waals surface area contributed by atoms with Crippen molar-refractivity contribution in [2.75, 3.05) is 0 Å². The monoisotopic (exact) mass is 1850 g/mol. The summed E-state index contributed by atoms with van der Waals surface area (Å²) in [5.74, 6) is 6.75. The van der Waals surface area contributed by atoms with Gasteiger partial charge in [0.2, 0.25) is 0 Å². The SMILES string of the molecule is CCC1CC1CC.CCCCCCCCCCCCCCCCCCCCCCC.CCCCCCCCCCCCCCCCCCCCCCCCC1CC1CCCCCCCCCCCCCCCCCCCCCCCC.CCCCCCCCCCCCCCCCCCCCCCCCC1CC1CCCCCCCCCCCCCCCCCCCCCCCC. The Morgan fingerprint density at radius 1 is 0.0833 bits per heavy atom. The largest absolute Gasteiger partial charge is 0.0654 e. The first kappa shape index (κ1) is 132. The lowest BCUT2D eigenvalue weighted by Crippen LogP contribution is -1.87. The Hall–Kier alpha value is 0. The molecular formula is C132H266. The van der Waals surface area contributed by atoms with E-state index in [1.54, 1.807) is 38.5 Å². The van der Waals surface area contributed by atoms with Gasteiger partial charge < -0.3 is 0 Å². The first-order chi connectivity index (χ1) is 65.6. The summed E-state index contributed by atoms with van der Waals surface area (Å²) in [6.07, 6.45) is 176. The first-order valence-corrected chi connectivity index (χ1v) is 65.6. The summed E-state index contributed by atoms with van der Waals surface area (Å²) in [6.45, 7) is 18.4. The standard InChI is InChI=1S/2C51H102.C23H48.C7H14/c2*1-3-5-7-9-11-13-15-17-19-21-23-25-27-29-31-33-35-37-39-41-43-45-47-50-49-51(50)48-46-44-42-40-38-36-34-32-30-28-26-24-22-20-18-16-14-12-10-8-6-4-2;1-3-5-7-9-11-13-15-17-19-21-23-22-20-18-16-14-12-10-8-6-4-2;1-3-6-5-7(6)4-2/h2*50-51H,3-49H2,1-2H3;3-23H2,1-2H3;6-7H,3-5H2,1-2H3. The van der Waals surface area contributed by atoms with Crippen LogP contribution in [-0.4, -0.2) is 0 Å². The quantitative estimate of drug-likeness (QED) is 0.0533. The molecule has 6 atom stereocenters. The molecule has 3 aliphatic carbocycles. The van der Waals surface area contributed by atoms with Crippen molar-refractivity contribution in [2.45, 2.75) is 813 Å². The van der Waals surface area contributed by atoms with E-state index in [1.165, 1.54) is 719 Å². The van der Waals surface area contributed by atoms with Crippen molar-refractivity contribution in [1.82, 2.24) is 0 Å². The third-order valence-electron chi connectivity index (χ3n) is 33.2. The van der Waals surface area contributed by atoms with Crippen LogP contribution in [-0.2, 0) is 0 Å². The number of rotatable bonds is 114. The molecule has 0 heteroatoms. The minimum atomic E-state index is 1.12. The molecule has 0 radical (unpaired) electrons. The van der Waals surface area contributed by atoms with Gasteiger partial charge in [0.05, 0.1) is 0 Å². The molecule has 794 valence electrons. The normalized spacial score (nSPS) is 16.1. The van der Waals surface area contributed by atoms with Crippen molar-refractivity contribution in [3.05, 3.63) is 0 Å². The summed E-state index contributed by atoms with van der Waals surface area (Å²) in [5.41, 5.74) is 0. The maximum atomic E-state index is 2.31. The van der Waals surface area contributed by atoms with E-state index in [9.17, 15) is 0 Å². The van der Waals surface area contributed by atoms with Crippen LogP contribution in [0.4, 0.5) is 0 Å². The lowest BCUT2D eigenvalue weighted by Gasteiger charge is -2.05. The van der Waals surface area contributed by atoms with Crippen LogP contribution < -0.4 is 0 Å². The number of hydrogen-bond acceptors (Lipinski definition) is 0. The molecule has 0 aromatic rings. The zero-order valence-electron chi connectivity index (χ0n) is 94.9. The Morgan fingerprint density at radius 3 is 0.220 bits per heavy atom. The molecule has 3 aliphatic rings. The van der Waals surface area contributed by atoms with Gasteiger partial charge in [0, 0.05) is 0 Å². The van der Waals surface area contributed by atoms with E-state index in [0.29, 0.717) is 0 Å². The fourth-order valence-corrected chi connectivity index (χ4v) is 22.9. The third kappa shape index (κ3) is 114. The van der Waals surface area contributed by atoms with Crippen LogP contribution in [0.3, 0.4) is 0 Å². The second-order valence-electron chi connectivity index (χ2n) is 46.7. The molecule has 0 bridgehead atoms. The van der Waals surface area contributed by atoms with Crippen molar-refractivity contribution < 1.29 is 0 Å². The predicted octanol–water partition coefficient (Wildman–Crippen LogP) is 50.9. The Kier molecular flexibility index (Phi) is 120. The molecule has 0 N–H and O–H groups in total. The van der Waals surface area contributed by atoms with Gasteiger partial charge in [0.1, 0.15) is 0 Å². The van der Waals surface area contributed by atoms with E-state index in [4.69, 9.17) is 0 Å². The van der Waals surface area contributed by atoms with Crippen molar-refractivity contribution >= 4 is 0 Å². The summed E-state index contributed by atoms with van der Waals surface area (Å²) in [4.78, 5) is 0.